The van der Waals surface area contributed by atoms with Crippen LogP contribution in [0.4, 0.5) is 14.6 Å². The summed E-state index contributed by atoms with van der Waals surface area (Å²) in [6.07, 6.45) is 3.82. The number of ether oxygens (including phenoxy) is 2. The van der Waals surface area contributed by atoms with E-state index in [0.717, 1.165) is 32.4 Å². The molecular formula is C20H24ClF2N5O2. The number of alkyl halides is 1. The fourth-order valence-corrected chi connectivity index (χ4v) is 5.05. The number of pyridine rings is 1. The summed E-state index contributed by atoms with van der Waals surface area (Å²) in [5, 5.41) is 0.241. The highest BCUT2D eigenvalue weighted by molar-refractivity contribution is 6.30. The quantitative estimate of drug-likeness (QED) is 0.678. The van der Waals surface area contributed by atoms with Gasteiger partial charge in [0, 0.05) is 38.9 Å². The predicted octanol–water partition coefficient (Wildman–Crippen LogP) is 3.00. The number of nitrogens with zero attached hydrogens (tertiary/aromatic N) is 5. The van der Waals surface area contributed by atoms with Crippen LogP contribution in [-0.2, 0) is 4.74 Å². The minimum absolute atomic E-state index is 0.0763. The molecule has 3 aliphatic heterocycles. The lowest BCUT2D eigenvalue weighted by Gasteiger charge is -2.31. The van der Waals surface area contributed by atoms with Gasteiger partial charge in [-0.05, 0) is 25.8 Å². The van der Waals surface area contributed by atoms with Crippen LogP contribution in [0.5, 0.6) is 6.01 Å². The van der Waals surface area contributed by atoms with Crippen molar-refractivity contribution < 1.29 is 18.3 Å². The molecule has 3 aliphatic rings. The third-order valence-electron chi connectivity index (χ3n) is 6.35. The highest BCUT2D eigenvalue weighted by atomic mass is 35.5. The van der Waals surface area contributed by atoms with Gasteiger partial charge in [0.2, 0.25) is 0 Å². The Balaban J connectivity index is 1.49. The molecule has 3 saturated heterocycles. The topological polar surface area (TPSA) is 63.6 Å². The second-order valence-corrected chi connectivity index (χ2v) is 8.63. The molecular weight excluding hydrogens is 416 g/mol. The van der Waals surface area contributed by atoms with E-state index in [-0.39, 0.29) is 28.8 Å². The number of anilines is 1. The normalized spacial score (nSPS) is 27.4. The van der Waals surface area contributed by atoms with Gasteiger partial charge in [-0.3, -0.25) is 4.90 Å². The standard InChI is InChI=1S/C20H24ClF2N5O2/c21-17-15(23)16-14(10-24-17)18(27-4-2-7-29-8-6-27)26-19(25-16)30-12-20-3-1-5-28(20)11-13(22)9-20/h10,13H,1-9,11-12H2/t13-,20?/m1/s1. The van der Waals surface area contributed by atoms with Crippen molar-refractivity contribution in [2.45, 2.75) is 37.4 Å². The van der Waals surface area contributed by atoms with E-state index in [2.05, 4.69) is 19.9 Å². The van der Waals surface area contributed by atoms with Gasteiger partial charge in [0.25, 0.3) is 0 Å². The van der Waals surface area contributed by atoms with E-state index in [0.29, 0.717) is 43.9 Å². The summed E-state index contributed by atoms with van der Waals surface area (Å²) in [7, 11) is 0. The molecule has 0 bridgehead atoms. The van der Waals surface area contributed by atoms with E-state index in [9.17, 15) is 8.78 Å². The molecule has 3 fully saturated rings. The zero-order valence-corrected chi connectivity index (χ0v) is 17.4. The van der Waals surface area contributed by atoms with Crippen molar-refractivity contribution in [3.05, 3.63) is 17.2 Å². The van der Waals surface area contributed by atoms with E-state index < -0.39 is 12.0 Å². The van der Waals surface area contributed by atoms with Crippen LogP contribution in [-0.4, -0.2) is 77.6 Å². The summed E-state index contributed by atoms with van der Waals surface area (Å²) in [4.78, 5) is 17.0. The molecule has 7 nitrogen and oxygen atoms in total. The molecule has 2 atom stereocenters. The van der Waals surface area contributed by atoms with Gasteiger partial charge in [-0.25, -0.2) is 13.8 Å². The molecule has 0 amide bonds. The maximum Gasteiger partial charge on any atom is 0.319 e. The SMILES string of the molecule is Fc1c(Cl)ncc2c(N3CCCOCC3)nc(OCC34CCCN3C[C@H](F)C4)nc12. The van der Waals surface area contributed by atoms with Gasteiger partial charge >= 0.3 is 6.01 Å². The third-order valence-corrected chi connectivity index (χ3v) is 6.62. The average Bonchev–Trinajstić information content (AvgIpc) is 3.11. The summed E-state index contributed by atoms with van der Waals surface area (Å²) in [5.41, 5.74) is -0.251. The van der Waals surface area contributed by atoms with Crippen molar-refractivity contribution in [3.63, 3.8) is 0 Å². The van der Waals surface area contributed by atoms with Gasteiger partial charge in [-0.1, -0.05) is 11.6 Å². The fourth-order valence-electron chi connectivity index (χ4n) is 4.91. The highest BCUT2D eigenvalue weighted by Gasteiger charge is 2.49. The maximum absolute atomic E-state index is 14.8. The molecule has 5 heterocycles. The van der Waals surface area contributed by atoms with E-state index in [4.69, 9.17) is 21.1 Å². The molecule has 162 valence electrons. The molecule has 0 aliphatic carbocycles. The van der Waals surface area contributed by atoms with Crippen molar-refractivity contribution in [3.8, 4) is 6.01 Å². The molecule has 0 radical (unpaired) electrons. The van der Waals surface area contributed by atoms with Gasteiger partial charge in [-0.15, -0.1) is 0 Å². The van der Waals surface area contributed by atoms with Crippen LogP contribution in [0.15, 0.2) is 6.20 Å². The van der Waals surface area contributed by atoms with Crippen LogP contribution in [0, 0.1) is 5.82 Å². The van der Waals surface area contributed by atoms with Crippen LogP contribution < -0.4 is 9.64 Å². The van der Waals surface area contributed by atoms with Crippen LogP contribution in [0.1, 0.15) is 25.7 Å². The zero-order chi connectivity index (χ0) is 20.7. The minimum atomic E-state index is -0.846. The molecule has 0 spiro atoms. The summed E-state index contributed by atoms with van der Waals surface area (Å²) < 4.78 is 40.3. The van der Waals surface area contributed by atoms with Crippen LogP contribution in [0.2, 0.25) is 5.15 Å². The maximum atomic E-state index is 14.8. The minimum Gasteiger partial charge on any atom is -0.461 e. The number of hydrogen-bond acceptors (Lipinski definition) is 7. The first-order valence-corrected chi connectivity index (χ1v) is 10.8. The van der Waals surface area contributed by atoms with Crippen molar-refractivity contribution in [1.29, 1.82) is 0 Å². The monoisotopic (exact) mass is 439 g/mol. The highest BCUT2D eigenvalue weighted by Crippen LogP contribution is 2.40. The lowest BCUT2D eigenvalue weighted by Crippen LogP contribution is -2.43. The Kier molecular flexibility index (Phi) is 5.37. The predicted molar refractivity (Wildman–Crippen MR) is 108 cm³/mol. The molecule has 30 heavy (non-hydrogen) atoms. The van der Waals surface area contributed by atoms with Crippen LogP contribution in [0.3, 0.4) is 0 Å². The fraction of sp³-hybridized carbons (Fsp3) is 0.650. The number of hydrogen-bond donors (Lipinski definition) is 0. The van der Waals surface area contributed by atoms with Crippen molar-refractivity contribution in [2.75, 3.05) is 50.9 Å². The first-order chi connectivity index (χ1) is 14.6. The molecule has 0 N–H and O–H groups in total. The molecule has 5 rings (SSSR count). The number of fused-ring (bicyclic) bond motifs is 2. The Morgan fingerprint density at radius 1 is 1.23 bits per heavy atom. The largest absolute Gasteiger partial charge is 0.461 e. The van der Waals surface area contributed by atoms with Crippen molar-refractivity contribution in [2.24, 2.45) is 0 Å². The van der Waals surface area contributed by atoms with Crippen LogP contribution >= 0.6 is 11.6 Å². The summed E-state index contributed by atoms with van der Waals surface area (Å²) >= 11 is 5.90. The molecule has 1 unspecified atom stereocenters. The van der Waals surface area contributed by atoms with Crippen molar-refractivity contribution >= 4 is 28.3 Å². The van der Waals surface area contributed by atoms with Gasteiger partial charge in [0.1, 0.15) is 24.1 Å². The zero-order valence-electron chi connectivity index (χ0n) is 16.6. The Bertz CT molecular complexity index is 943. The first kappa shape index (κ1) is 20.1. The van der Waals surface area contributed by atoms with E-state index in [1.807, 2.05) is 4.90 Å². The van der Waals surface area contributed by atoms with E-state index in [1.54, 1.807) is 0 Å². The molecule has 0 saturated carbocycles. The summed E-state index contributed by atoms with van der Waals surface area (Å²) in [6, 6.07) is 0.0763. The lowest BCUT2D eigenvalue weighted by molar-refractivity contribution is 0.107. The van der Waals surface area contributed by atoms with Crippen LogP contribution in [0.25, 0.3) is 10.9 Å². The molecule has 2 aromatic heterocycles. The Labute approximate surface area is 178 Å². The van der Waals surface area contributed by atoms with E-state index >= 15 is 0 Å². The van der Waals surface area contributed by atoms with Gasteiger partial charge in [0.15, 0.2) is 11.0 Å². The Morgan fingerprint density at radius 2 is 2.13 bits per heavy atom. The number of aromatic nitrogens is 3. The number of rotatable bonds is 4. The van der Waals surface area contributed by atoms with Gasteiger partial charge in [0.05, 0.1) is 17.5 Å². The number of halogens is 3. The molecule has 0 aromatic carbocycles. The summed E-state index contributed by atoms with van der Waals surface area (Å²) in [6.45, 7) is 4.16. The Hall–Kier alpha value is -1.84. The lowest BCUT2D eigenvalue weighted by atomic mass is 9.95. The second kappa shape index (κ2) is 8.01. The van der Waals surface area contributed by atoms with E-state index in [1.165, 1.54) is 6.20 Å². The summed E-state index contributed by atoms with van der Waals surface area (Å²) in [5.74, 6) is -0.141. The smallest absolute Gasteiger partial charge is 0.319 e. The third kappa shape index (κ3) is 3.56. The average molecular weight is 440 g/mol. The molecule has 2 aromatic rings. The second-order valence-electron chi connectivity index (χ2n) is 8.27. The van der Waals surface area contributed by atoms with Gasteiger partial charge in [-0.2, -0.15) is 9.97 Å². The first-order valence-electron chi connectivity index (χ1n) is 10.4. The van der Waals surface area contributed by atoms with Crippen molar-refractivity contribution in [1.82, 2.24) is 19.9 Å². The Morgan fingerprint density at radius 3 is 3.03 bits per heavy atom. The molecule has 10 heteroatoms. The van der Waals surface area contributed by atoms with Gasteiger partial charge < -0.3 is 14.4 Å².